The molecule has 4 heteroatoms. The summed E-state index contributed by atoms with van der Waals surface area (Å²) in [6, 6.07) is 3.62. The van der Waals surface area contributed by atoms with Gasteiger partial charge in [0.2, 0.25) is 0 Å². The van der Waals surface area contributed by atoms with E-state index in [1.807, 2.05) is 6.07 Å². The van der Waals surface area contributed by atoms with Crippen LogP contribution in [0.1, 0.15) is 25.0 Å². The Morgan fingerprint density at radius 1 is 1.28 bits per heavy atom. The van der Waals surface area contributed by atoms with Crippen molar-refractivity contribution in [2.75, 3.05) is 26.3 Å². The van der Waals surface area contributed by atoms with Crippen LogP contribution in [0.3, 0.4) is 0 Å². The second-order valence-corrected chi connectivity index (χ2v) is 5.58. The summed E-state index contributed by atoms with van der Waals surface area (Å²) in [6.45, 7) is 5.06. The van der Waals surface area contributed by atoms with Crippen LogP contribution in [-0.2, 0) is 11.3 Å². The van der Waals surface area contributed by atoms with E-state index in [9.17, 15) is 5.11 Å². The van der Waals surface area contributed by atoms with Gasteiger partial charge in [-0.1, -0.05) is 0 Å². The quantitative estimate of drug-likeness (QED) is 0.866. The van der Waals surface area contributed by atoms with Crippen molar-refractivity contribution in [2.45, 2.75) is 25.8 Å². The molecule has 98 valence electrons. The fraction of sp³-hybridized carbons (Fsp3) is 0.643. The summed E-state index contributed by atoms with van der Waals surface area (Å²) < 4.78 is 5.46. The van der Waals surface area contributed by atoms with Crippen LogP contribution in [0.4, 0.5) is 0 Å². The number of likely N-dealkylation sites (tertiary alicyclic amines) is 1. The predicted molar refractivity (Wildman–Crippen MR) is 68.3 cm³/mol. The highest BCUT2D eigenvalue weighted by atomic mass is 16.5. The van der Waals surface area contributed by atoms with E-state index in [1.165, 1.54) is 32.0 Å². The van der Waals surface area contributed by atoms with Crippen molar-refractivity contribution in [3.05, 3.63) is 24.0 Å². The molecule has 0 amide bonds. The van der Waals surface area contributed by atoms with Gasteiger partial charge in [0.05, 0.1) is 11.9 Å². The standard InChI is InChI=1S/C14H20N2O2/c17-13-2-1-12(15-9-13)10-16-6-3-14(11-16)4-7-18-8-5-14/h1-2,9,17H,3-8,10-11H2. The molecule has 1 N–H and O–H groups in total. The van der Waals surface area contributed by atoms with Crippen molar-refractivity contribution in [1.82, 2.24) is 9.88 Å². The van der Waals surface area contributed by atoms with Gasteiger partial charge in [-0.15, -0.1) is 0 Å². The number of rotatable bonds is 2. The largest absolute Gasteiger partial charge is 0.506 e. The summed E-state index contributed by atoms with van der Waals surface area (Å²) in [5.41, 5.74) is 1.53. The Morgan fingerprint density at radius 2 is 2.11 bits per heavy atom. The van der Waals surface area contributed by atoms with Crippen LogP contribution < -0.4 is 0 Å². The molecule has 3 heterocycles. The van der Waals surface area contributed by atoms with Gasteiger partial charge < -0.3 is 9.84 Å². The smallest absolute Gasteiger partial charge is 0.133 e. The van der Waals surface area contributed by atoms with Crippen LogP contribution in [0.5, 0.6) is 5.75 Å². The van der Waals surface area contributed by atoms with Crippen molar-refractivity contribution in [1.29, 1.82) is 0 Å². The Hall–Kier alpha value is -1.13. The minimum absolute atomic E-state index is 0.237. The number of hydrogen-bond donors (Lipinski definition) is 1. The normalized spacial score (nSPS) is 23.6. The molecule has 18 heavy (non-hydrogen) atoms. The molecule has 0 saturated carbocycles. The van der Waals surface area contributed by atoms with Crippen molar-refractivity contribution in [2.24, 2.45) is 5.41 Å². The Morgan fingerprint density at radius 3 is 2.83 bits per heavy atom. The van der Waals surface area contributed by atoms with E-state index < -0.39 is 0 Å². The zero-order valence-electron chi connectivity index (χ0n) is 10.6. The van der Waals surface area contributed by atoms with Crippen LogP contribution in [0.2, 0.25) is 0 Å². The third kappa shape index (κ3) is 2.49. The van der Waals surface area contributed by atoms with Crippen molar-refractivity contribution >= 4 is 0 Å². The zero-order chi connectivity index (χ0) is 12.4. The molecule has 1 aromatic heterocycles. The molecule has 2 saturated heterocycles. The molecule has 3 rings (SSSR count). The molecule has 1 aromatic rings. The first-order valence-corrected chi connectivity index (χ1v) is 6.70. The second-order valence-electron chi connectivity index (χ2n) is 5.58. The third-order valence-electron chi connectivity index (χ3n) is 4.27. The topological polar surface area (TPSA) is 45.6 Å². The molecule has 1 spiro atoms. The summed E-state index contributed by atoms with van der Waals surface area (Å²) >= 11 is 0. The minimum Gasteiger partial charge on any atom is -0.506 e. The Bertz CT molecular complexity index is 399. The number of ether oxygens (including phenoxy) is 1. The Balaban J connectivity index is 1.60. The first-order chi connectivity index (χ1) is 8.76. The summed E-state index contributed by atoms with van der Waals surface area (Å²) in [5.74, 6) is 0.237. The maximum atomic E-state index is 9.23. The molecule has 0 bridgehead atoms. The first kappa shape index (κ1) is 11.9. The third-order valence-corrected chi connectivity index (χ3v) is 4.27. The lowest BCUT2D eigenvalue weighted by Crippen LogP contribution is -2.32. The molecule has 2 fully saturated rings. The maximum Gasteiger partial charge on any atom is 0.133 e. The fourth-order valence-electron chi connectivity index (χ4n) is 3.11. The molecule has 2 aliphatic heterocycles. The highest BCUT2D eigenvalue weighted by Gasteiger charge is 2.39. The minimum atomic E-state index is 0.237. The van der Waals surface area contributed by atoms with Gasteiger partial charge >= 0.3 is 0 Å². The lowest BCUT2D eigenvalue weighted by molar-refractivity contribution is 0.0190. The van der Waals surface area contributed by atoms with Gasteiger partial charge in [0.25, 0.3) is 0 Å². The van der Waals surface area contributed by atoms with Gasteiger partial charge in [-0.3, -0.25) is 9.88 Å². The Labute approximate surface area is 108 Å². The second kappa shape index (κ2) is 4.86. The fourth-order valence-corrected chi connectivity index (χ4v) is 3.11. The van der Waals surface area contributed by atoms with Gasteiger partial charge in [0, 0.05) is 26.3 Å². The molecule has 0 unspecified atom stereocenters. The van der Waals surface area contributed by atoms with Crippen LogP contribution >= 0.6 is 0 Å². The molecule has 0 radical (unpaired) electrons. The lowest BCUT2D eigenvalue weighted by Gasteiger charge is -2.33. The first-order valence-electron chi connectivity index (χ1n) is 6.70. The van der Waals surface area contributed by atoms with Crippen molar-refractivity contribution < 1.29 is 9.84 Å². The Kier molecular flexibility index (Phi) is 3.22. The van der Waals surface area contributed by atoms with Crippen LogP contribution in [0.15, 0.2) is 18.3 Å². The molecule has 0 aliphatic carbocycles. The van der Waals surface area contributed by atoms with Gasteiger partial charge in [-0.25, -0.2) is 0 Å². The summed E-state index contributed by atoms with van der Waals surface area (Å²) in [6.07, 6.45) is 5.21. The van der Waals surface area contributed by atoms with E-state index in [2.05, 4.69) is 9.88 Å². The number of aromatic nitrogens is 1. The molecule has 0 aromatic carbocycles. The summed E-state index contributed by atoms with van der Waals surface area (Å²) in [4.78, 5) is 6.74. The van der Waals surface area contributed by atoms with Crippen LogP contribution in [0.25, 0.3) is 0 Å². The zero-order valence-corrected chi connectivity index (χ0v) is 10.6. The average Bonchev–Trinajstić information content (AvgIpc) is 2.76. The van der Waals surface area contributed by atoms with E-state index in [1.54, 1.807) is 6.07 Å². The van der Waals surface area contributed by atoms with Gasteiger partial charge in [0.15, 0.2) is 0 Å². The average molecular weight is 248 g/mol. The highest BCUT2D eigenvalue weighted by molar-refractivity contribution is 5.18. The SMILES string of the molecule is Oc1ccc(CN2CCC3(CCOCC3)C2)nc1. The van der Waals surface area contributed by atoms with Crippen LogP contribution in [-0.4, -0.2) is 41.3 Å². The summed E-state index contributed by atoms with van der Waals surface area (Å²) in [7, 11) is 0. The van der Waals surface area contributed by atoms with E-state index >= 15 is 0 Å². The van der Waals surface area contributed by atoms with Gasteiger partial charge in [-0.05, 0) is 43.4 Å². The van der Waals surface area contributed by atoms with Gasteiger partial charge in [-0.2, -0.15) is 0 Å². The molecular weight excluding hydrogens is 228 g/mol. The lowest BCUT2D eigenvalue weighted by atomic mass is 9.80. The number of pyridine rings is 1. The number of aromatic hydroxyl groups is 1. The van der Waals surface area contributed by atoms with E-state index in [-0.39, 0.29) is 5.75 Å². The van der Waals surface area contributed by atoms with Gasteiger partial charge in [0.1, 0.15) is 5.75 Å². The molecule has 0 atom stereocenters. The summed E-state index contributed by atoms with van der Waals surface area (Å²) in [5, 5.41) is 9.23. The van der Waals surface area contributed by atoms with E-state index in [0.29, 0.717) is 5.41 Å². The molecule has 2 aliphatic rings. The molecule has 4 nitrogen and oxygen atoms in total. The number of nitrogens with zero attached hydrogens (tertiary/aromatic N) is 2. The number of hydrogen-bond acceptors (Lipinski definition) is 4. The predicted octanol–water partition coefficient (Wildman–Crippen LogP) is 1.79. The maximum absolute atomic E-state index is 9.23. The highest BCUT2D eigenvalue weighted by Crippen LogP contribution is 2.39. The van der Waals surface area contributed by atoms with Crippen molar-refractivity contribution in [3.63, 3.8) is 0 Å². The molecular formula is C14H20N2O2. The van der Waals surface area contributed by atoms with E-state index in [0.717, 1.165) is 32.0 Å². The van der Waals surface area contributed by atoms with Crippen molar-refractivity contribution in [3.8, 4) is 5.75 Å². The monoisotopic (exact) mass is 248 g/mol. The van der Waals surface area contributed by atoms with Crippen LogP contribution in [0, 0.1) is 5.41 Å². The van der Waals surface area contributed by atoms with E-state index in [4.69, 9.17) is 4.74 Å².